The van der Waals surface area contributed by atoms with E-state index in [4.69, 9.17) is 11.1 Å². The zero-order valence-corrected chi connectivity index (χ0v) is 10.0. The maximum Gasteiger partial charge on any atom is 0.0921 e. The molecule has 0 aliphatic heterocycles. The fraction of sp³-hybridized carbons (Fsp3) is 0.909. The van der Waals surface area contributed by atoms with Gasteiger partial charge in [-0.15, -0.1) is 0 Å². The highest BCUT2D eigenvalue weighted by molar-refractivity contribution is 5.77. The van der Waals surface area contributed by atoms with E-state index in [0.717, 1.165) is 6.42 Å². The molecule has 0 aliphatic rings. The second kappa shape index (κ2) is 6.82. The van der Waals surface area contributed by atoms with Crippen molar-refractivity contribution >= 4 is 5.84 Å². The lowest BCUT2D eigenvalue weighted by Gasteiger charge is -2.32. The zero-order valence-electron chi connectivity index (χ0n) is 10.0. The maximum atomic E-state index is 7.32. The van der Waals surface area contributed by atoms with Crippen molar-refractivity contribution in [2.45, 2.75) is 58.5 Å². The number of nitrogens with two attached hydrogens (primary N) is 1. The van der Waals surface area contributed by atoms with E-state index in [1.807, 2.05) is 0 Å². The van der Waals surface area contributed by atoms with Crippen LogP contribution in [-0.4, -0.2) is 29.9 Å². The molecule has 0 aliphatic carbocycles. The molecular weight excluding hydrogens is 174 g/mol. The Kier molecular flexibility index (Phi) is 6.54. The van der Waals surface area contributed by atoms with Crippen molar-refractivity contribution in [1.29, 1.82) is 5.41 Å². The highest BCUT2D eigenvalue weighted by Gasteiger charge is 2.18. The van der Waals surface area contributed by atoms with E-state index < -0.39 is 0 Å². The van der Waals surface area contributed by atoms with Crippen molar-refractivity contribution in [2.75, 3.05) is 7.05 Å². The van der Waals surface area contributed by atoms with Crippen molar-refractivity contribution in [3.05, 3.63) is 0 Å². The Morgan fingerprint density at radius 1 is 1.43 bits per heavy atom. The van der Waals surface area contributed by atoms with Gasteiger partial charge in [-0.05, 0) is 26.8 Å². The molecule has 3 N–H and O–H groups in total. The summed E-state index contributed by atoms with van der Waals surface area (Å²) in [5.74, 6) is 0.299. The first-order valence-electron chi connectivity index (χ1n) is 5.57. The molecule has 3 nitrogen and oxygen atoms in total. The Morgan fingerprint density at radius 3 is 2.36 bits per heavy atom. The number of hydrogen-bond acceptors (Lipinski definition) is 2. The molecule has 0 spiro atoms. The van der Waals surface area contributed by atoms with E-state index in [-0.39, 0.29) is 0 Å². The first kappa shape index (κ1) is 13.4. The van der Waals surface area contributed by atoms with Crippen molar-refractivity contribution in [3.8, 4) is 0 Å². The minimum atomic E-state index is 0.299. The summed E-state index contributed by atoms with van der Waals surface area (Å²) < 4.78 is 0. The number of hydrogen-bond donors (Lipinski definition) is 2. The molecule has 0 amide bonds. The molecule has 84 valence electrons. The number of rotatable bonds is 7. The van der Waals surface area contributed by atoms with Crippen molar-refractivity contribution < 1.29 is 0 Å². The van der Waals surface area contributed by atoms with Crippen LogP contribution in [0.25, 0.3) is 0 Å². The van der Waals surface area contributed by atoms with Crippen LogP contribution >= 0.6 is 0 Å². The molecular formula is C11H25N3. The van der Waals surface area contributed by atoms with Gasteiger partial charge in [0.15, 0.2) is 0 Å². The van der Waals surface area contributed by atoms with Gasteiger partial charge in [0.25, 0.3) is 0 Å². The summed E-state index contributed by atoms with van der Waals surface area (Å²) in [7, 11) is 2.14. The molecule has 0 heterocycles. The van der Waals surface area contributed by atoms with Gasteiger partial charge in [-0.25, -0.2) is 0 Å². The third kappa shape index (κ3) is 4.61. The highest BCUT2D eigenvalue weighted by atomic mass is 15.2. The van der Waals surface area contributed by atoms with Crippen LogP contribution in [0.2, 0.25) is 0 Å². The molecule has 0 saturated carbocycles. The van der Waals surface area contributed by atoms with Gasteiger partial charge in [-0.1, -0.05) is 20.3 Å². The smallest absolute Gasteiger partial charge is 0.0921 e. The van der Waals surface area contributed by atoms with E-state index in [2.05, 4.69) is 32.7 Å². The van der Waals surface area contributed by atoms with E-state index in [9.17, 15) is 0 Å². The van der Waals surface area contributed by atoms with Crippen LogP contribution in [-0.2, 0) is 0 Å². The molecule has 2 unspecified atom stereocenters. The van der Waals surface area contributed by atoms with Crippen LogP contribution in [0.5, 0.6) is 0 Å². The van der Waals surface area contributed by atoms with E-state index >= 15 is 0 Å². The predicted octanol–water partition coefficient (Wildman–Crippen LogP) is 2.21. The van der Waals surface area contributed by atoms with Crippen LogP contribution in [0, 0.1) is 5.41 Å². The Bertz CT molecular complexity index is 168. The molecule has 3 heteroatoms. The van der Waals surface area contributed by atoms with Crippen LogP contribution < -0.4 is 5.73 Å². The molecule has 0 fully saturated rings. The van der Waals surface area contributed by atoms with Gasteiger partial charge in [0.1, 0.15) is 0 Å². The summed E-state index contributed by atoms with van der Waals surface area (Å²) in [5, 5.41) is 7.32. The minimum absolute atomic E-state index is 0.299. The fourth-order valence-corrected chi connectivity index (χ4v) is 1.81. The van der Waals surface area contributed by atoms with E-state index in [0.29, 0.717) is 24.3 Å². The molecule has 2 atom stereocenters. The van der Waals surface area contributed by atoms with Crippen LogP contribution in [0.3, 0.4) is 0 Å². The molecule has 0 bridgehead atoms. The van der Waals surface area contributed by atoms with E-state index in [1.165, 1.54) is 12.8 Å². The third-order valence-electron chi connectivity index (χ3n) is 2.90. The number of amidine groups is 1. The SMILES string of the molecule is CCCC(C)N(C)C(CC)CC(=N)N. The van der Waals surface area contributed by atoms with Gasteiger partial charge >= 0.3 is 0 Å². The Hall–Kier alpha value is -0.570. The lowest BCUT2D eigenvalue weighted by Crippen LogP contribution is -2.40. The van der Waals surface area contributed by atoms with Crippen LogP contribution in [0.1, 0.15) is 46.5 Å². The Labute approximate surface area is 88.2 Å². The first-order valence-corrected chi connectivity index (χ1v) is 5.57. The minimum Gasteiger partial charge on any atom is -0.388 e. The van der Waals surface area contributed by atoms with Gasteiger partial charge in [0.2, 0.25) is 0 Å². The quantitative estimate of drug-likeness (QED) is 0.488. The average molecular weight is 199 g/mol. The molecule has 0 saturated heterocycles. The summed E-state index contributed by atoms with van der Waals surface area (Å²) in [5.41, 5.74) is 5.44. The monoisotopic (exact) mass is 199 g/mol. The van der Waals surface area contributed by atoms with Gasteiger partial charge in [0, 0.05) is 18.5 Å². The Morgan fingerprint density at radius 2 is 2.00 bits per heavy atom. The molecule has 0 aromatic heterocycles. The molecule has 0 rings (SSSR count). The third-order valence-corrected chi connectivity index (χ3v) is 2.90. The van der Waals surface area contributed by atoms with Crippen LogP contribution in [0.15, 0.2) is 0 Å². The van der Waals surface area contributed by atoms with Gasteiger partial charge in [0.05, 0.1) is 5.84 Å². The van der Waals surface area contributed by atoms with Gasteiger partial charge in [-0.3, -0.25) is 5.41 Å². The predicted molar refractivity (Wildman–Crippen MR) is 62.7 cm³/mol. The average Bonchev–Trinajstić information content (AvgIpc) is 2.13. The topological polar surface area (TPSA) is 53.1 Å². The summed E-state index contributed by atoms with van der Waals surface area (Å²) in [4.78, 5) is 2.35. The standard InChI is InChI=1S/C11H25N3/c1-5-7-9(3)14(4)10(6-2)8-11(12)13/h9-10H,5-8H2,1-4H3,(H3,12,13). The highest BCUT2D eigenvalue weighted by Crippen LogP contribution is 2.13. The van der Waals surface area contributed by atoms with Crippen LogP contribution in [0.4, 0.5) is 0 Å². The lowest BCUT2D eigenvalue weighted by atomic mass is 10.1. The Balaban J connectivity index is 4.14. The van der Waals surface area contributed by atoms with Crippen molar-refractivity contribution in [1.82, 2.24) is 4.90 Å². The normalized spacial score (nSPS) is 15.5. The second-order valence-electron chi connectivity index (χ2n) is 4.09. The van der Waals surface area contributed by atoms with Crippen molar-refractivity contribution in [3.63, 3.8) is 0 Å². The maximum absolute atomic E-state index is 7.32. The largest absolute Gasteiger partial charge is 0.388 e. The van der Waals surface area contributed by atoms with Gasteiger partial charge in [-0.2, -0.15) is 0 Å². The van der Waals surface area contributed by atoms with E-state index in [1.54, 1.807) is 0 Å². The second-order valence-corrected chi connectivity index (χ2v) is 4.09. The molecule has 14 heavy (non-hydrogen) atoms. The number of nitrogens with zero attached hydrogens (tertiary/aromatic N) is 1. The molecule has 0 aromatic carbocycles. The summed E-state index contributed by atoms with van der Waals surface area (Å²) in [6, 6.07) is 1.01. The fourth-order valence-electron chi connectivity index (χ4n) is 1.81. The van der Waals surface area contributed by atoms with Crippen molar-refractivity contribution in [2.24, 2.45) is 5.73 Å². The summed E-state index contributed by atoms with van der Waals surface area (Å²) >= 11 is 0. The zero-order chi connectivity index (χ0) is 11.1. The first-order chi connectivity index (χ1) is 6.52. The summed E-state index contributed by atoms with van der Waals surface area (Å²) in [6.45, 7) is 6.60. The summed E-state index contributed by atoms with van der Waals surface area (Å²) in [6.07, 6.45) is 4.18. The van der Waals surface area contributed by atoms with Gasteiger partial charge < -0.3 is 10.6 Å². The lowest BCUT2D eigenvalue weighted by molar-refractivity contribution is 0.174. The number of nitrogens with one attached hydrogen (secondary N) is 1. The molecule has 0 radical (unpaired) electrons. The molecule has 0 aromatic rings.